The van der Waals surface area contributed by atoms with Gasteiger partial charge in [-0.2, -0.15) is 0 Å². The molecule has 0 radical (unpaired) electrons. The van der Waals surface area contributed by atoms with E-state index in [-0.39, 0.29) is 0 Å². The van der Waals surface area contributed by atoms with Crippen molar-refractivity contribution in [2.75, 3.05) is 12.4 Å². The number of nitrogens with zero attached hydrogens (tertiary/aromatic N) is 1. The fourth-order valence-electron chi connectivity index (χ4n) is 0.872. The van der Waals surface area contributed by atoms with Gasteiger partial charge in [0, 0.05) is 7.05 Å². The molecule has 60 valence electrons. The topological polar surface area (TPSA) is 24.9 Å². The SMILES string of the molecule is CCc1nc(NC)ccc1Cl. The Morgan fingerprint density at radius 3 is 2.82 bits per heavy atom. The van der Waals surface area contributed by atoms with Gasteiger partial charge in [-0.15, -0.1) is 0 Å². The number of anilines is 1. The maximum absolute atomic E-state index is 5.86. The summed E-state index contributed by atoms with van der Waals surface area (Å²) in [5.41, 5.74) is 0.943. The van der Waals surface area contributed by atoms with E-state index in [4.69, 9.17) is 11.6 Å². The summed E-state index contributed by atoms with van der Waals surface area (Å²) < 4.78 is 0. The Hall–Kier alpha value is -0.760. The predicted molar refractivity (Wildman–Crippen MR) is 48.2 cm³/mol. The summed E-state index contributed by atoms with van der Waals surface area (Å²) in [4.78, 5) is 4.27. The van der Waals surface area contributed by atoms with E-state index in [2.05, 4.69) is 10.3 Å². The fraction of sp³-hybridized carbons (Fsp3) is 0.375. The third-order valence-corrected chi connectivity index (χ3v) is 1.85. The molecular weight excluding hydrogens is 160 g/mol. The molecule has 0 aliphatic heterocycles. The minimum absolute atomic E-state index is 0.742. The first-order chi connectivity index (χ1) is 5.27. The van der Waals surface area contributed by atoms with Crippen molar-refractivity contribution < 1.29 is 0 Å². The molecule has 1 aromatic heterocycles. The van der Waals surface area contributed by atoms with Gasteiger partial charge in [-0.3, -0.25) is 0 Å². The van der Waals surface area contributed by atoms with Crippen LogP contribution in [0.25, 0.3) is 0 Å². The van der Waals surface area contributed by atoms with Crippen LogP contribution in [0.15, 0.2) is 12.1 Å². The quantitative estimate of drug-likeness (QED) is 0.737. The zero-order valence-electron chi connectivity index (χ0n) is 6.69. The van der Waals surface area contributed by atoms with E-state index < -0.39 is 0 Å². The largest absolute Gasteiger partial charge is 0.373 e. The molecule has 0 bridgehead atoms. The Kier molecular flexibility index (Phi) is 2.71. The van der Waals surface area contributed by atoms with Crippen LogP contribution in [-0.2, 0) is 6.42 Å². The van der Waals surface area contributed by atoms with E-state index in [9.17, 15) is 0 Å². The van der Waals surface area contributed by atoms with Gasteiger partial charge < -0.3 is 5.32 Å². The molecule has 3 heteroatoms. The molecule has 0 amide bonds. The number of aryl methyl sites for hydroxylation is 1. The van der Waals surface area contributed by atoms with Gasteiger partial charge in [0.15, 0.2) is 0 Å². The molecule has 0 unspecified atom stereocenters. The molecule has 2 nitrogen and oxygen atoms in total. The molecule has 1 N–H and O–H groups in total. The molecule has 0 atom stereocenters. The van der Waals surface area contributed by atoms with Crippen LogP contribution in [0.4, 0.5) is 5.82 Å². The summed E-state index contributed by atoms with van der Waals surface area (Å²) in [6.07, 6.45) is 0.869. The molecule has 1 aromatic rings. The maximum atomic E-state index is 5.86. The Labute approximate surface area is 71.6 Å². The second kappa shape index (κ2) is 3.58. The highest BCUT2D eigenvalue weighted by atomic mass is 35.5. The monoisotopic (exact) mass is 170 g/mol. The highest BCUT2D eigenvalue weighted by Gasteiger charge is 1.99. The lowest BCUT2D eigenvalue weighted by molar-refractivity contribution is 1.04. The van der Waals surface area contributed by atoms with Crippen molar-refractivity contribution >= 4 is 17.4 Å². The first-order valence-corrected chi connectivity index (χ1v) is 3.99. The summed E-state index contributed by atoms with van der Waals surface area (Å²) in [5, 5.41) is 3.70. The lowest BCUT2D eigenvalue weighted by Gasteiger charge is -2.02. The van der Waals surface area contributed by atoms with Crippen LogP contribution >= 0.6 is 11.6 Å². The van der Waals surface area contributed by atoms with Crippen molar-refractivity contribution in [2.24, 2.45) is 0 Å². The average Bonchev–Trinajstić information content (AvgIpc) is 2.05. The van der Waals surface area contributed by atoms with Crippen molar-refractivity contribution in [1.82, 2.24) is 4.98 Å². The second-order valence-corrected chi connectivity index (χ2v) is 2.64. The van der Waals surface area contributed by atoms with E-state index in [0.29, 0.717) is 0 Å². The van der Waals surface area contributed by atoms with Gasteiger partial charge in [-0.05, 0) is 18.6 Å². The van der Waals surface area contributed by atoms with Crippen LogP contribution < -0.4 is 5.32 Å². The molecule has 0 fully saturated rings. The molecule has 0 spiro atoms. The molecule has 0 aliphatic rings. The van der Waals surface area contributed by atoms with Crippen molar-refractivity contribution in [1.29, 1.82) is 0 Å². The van der Waals surface area contributed by atoms with Crippen LogP contribution in [0.3, 0.4) is 0 Å². The van der Waals surface area contributed by atoms with Crippen molar-refractivity contribution in [3.8, 4) is 0 Å². The van der Waals surface area contributed by atoms with E-state index in [1.54, 1.807) is 0 Å². The van der Waals surface area contributed by atoms with Crippen LogP contribution in [0.1, 0.15) is 12.6 Å². The van der Waals surface area contributed by atoms with Crippen LogP contribution in [0.2, 0.25) is 5.02 Å². The smallest absolute Gasteiger partial charge is 0.126 e. The molecule has 1 rings (SSSR count). The number of hydrogen-bond donors (Lipinski definition) is 1. The van der Waals surface area contributed by atoms with Gasteiger partial charge in [0.05, 0.1) is 10.7 Å². The van der Waals surface area contributed by atoms with Gasteiger partial charge in [-0.25, -0.2) is 4.98 Å². The Morgan fingerprint density at radius 1 is 1.55 bits per heavy atom. The lowest BCUT2D eigenvalue weighted by Crippen LogP contribution is -1.95. The minimum atomic E-state index is 0.742. The summed E-state index contributed by atoms with van der Waals surface area (Å²) in [6.45, 7) is 2.04. The molecule has 0 aliphatic carbocycles. The minimum Gasteiger partial charge on any atom is -0.373 e. The Balaban J connectivity index is 3.02. The third kappa shape index (κ3) is 1.84. The number of hydrogen-bond acceptors (Lipinski definition) is 2. The van der Waals surface area contributed by atoms with Crippen LogP contribution in [0, 0.1) is 0 Å². The van der Waals surface area contributed by atoms with Gasteiger partial charge in [0.2, 0.25) is 0 Å². The zero-order valence-corrected chi connectivity index (χ0v) is 7.44. The van der Waals surface area contributed by atoms with E-state index in [1.807, 2.05) is 26.1 Å². The number of nitrogens with one attached hydrogen (secondary N) is 1. The van der Waals surface area contributed by atoms with Crippen molar-refractivity contribution in [3.63, 3.8) is 0 Å². The Morgan fingerprint density at radius 2 is 2.27 bits per heavy atom. The number of pyridine rings is 1. The highest BCUT2D eigenvalue weighted by molar-refractivity contribution is 6.31. The molecule has 11 heavy (non-hydrogen) atoms. The summed E-state index contributed by atoms with van der Waals surface area (Å²) in [6, 6.07) is 3.72. The van der Waals surface area contributed by atoms with Crippen LogP contribution in [0.5, 0.6) is 0 Å². The van der Waals surface area contributed by atoms with E-state index >= 15 is 0 Å². The van der Waals surface area contributed by atoms with Crippen LogP contribution in [-0.4, -0.2) is 12.0 Å². The number of aromatic nitrogens is 1. The van der Waals surface area contributed by atoms with Gasteiger partial charge in [0.1, 0.15) is 5.82 Å². The van der Waals surface area contributed by atoms with E-state index in [0.717, 1.165) is 23.0 Å². The molecule has 1 heterocycles. The summed E-state index contributed by atoms with van der Waals surface area (Å²) >= 11 is 5.86. The first kappa shape index (κ1) is 8.34. The summed E-state index contributed by atoms with van der Waals surface area (Å²) in [5.74, 6) is 0.867. The number of halogens is 1. The molecule has 0 aromatic carbocycles. The van der Waals surface area contributed by atoms with Gasteiger partial charge in [-0.1, -0.05) is 18.5 Å². The first-order valence-electron chi connectivity index (χ1n) is 3.61. The predicted octanol–water partition coefficient (Wildman–Crippen LogP) is 2.34. The highest BCUT2D eigenvalue weighted by Crippen LogP contribution is 2.16. The molecule has 0 saturated heterocycles. The second-order valence-electron chi connectivity index (χ2n) is 2.23. The van der Waals surface area contributed by atoms with Crippen molar-refractivity contribution in [2.45, 2.75) is 13.3 Å². The van der Waals surface area contributed by atoms with Gasteiger partial charge in [0.25, 0.3) is 0 Å². The van der Waals surface area contributed by atoms with Gasteiger partial charge >= 0.3 is 0 Å². The molecule has 0 saturated carbocycles. The zero-order chi connectivity index (χ0) is 8.27. The normalized spacial score (nSPS) is 9.73. The molecular formula is C8H11ClN2. The third-order valence-electron chi connectivity index (χ3n) is 1.51. The van der Waals surface area contributed by atoms with E-state index in [1.165, 1.54) is 0 Å². The summed E-state index contributed by atoms with van der Waals surface area (Å²) in [7, 11) is 1.84. The van der Waals surface area contributed by atoms with Crippen molar-refractivity contribution in [3.05, 3.63) is 22.8 Å². The fourth-order valence-corrected chi connectivity index (χ4v) is 1.11. The maximum Gasteiger partial charge on any atom is 0.126 e. The lowest BCUT2D eigenvalue weighted by atomic mass is 10.3. The average molecular weight is 171 g/mol. The standard InChI is InChI=1S/C8H11ClN2/c1-3-7-6(9)4-5-8(10-2)11-7/h4-5H,3H2,1-2H3,(H,10,11). The number of rotatable bonds is 2. The Bertz CT molecular complexity index is 248.